The van der Waals surface area contributed by atoms with E-state index in [9.17, 15) is 19.5 Å². The third-order valence-electron chi connectivity index (χ3n) is 10.6. The SMILES string of the molecule is CO[C@@]12COC1CC(OC(=O)OCc1ccc(C)cc1)C1(C)C(=O)C(OC(C)=O)C3=C(C)CCC(O)(CC12)C3(C)C. The monoisotopic (exact) mass is 570 g/mol. The predicted molar refractivity (Wildman–Crippen MR) is 148 cm³/mol. The van der Waals surface area contributed by atoms with Crippen molar-refractivity contribution in [2.24, 2.45) is 16.7 Å². The summed E-state index contributed by atoms with van der Waals surface area (Å²) >= 11 is 0. The lowest BCUT2D eigenvalue weighted by atomic mass is 9.46. The van der Waals surface area contributed by atoms with Crippen LogP contribution in [0, 0.1) is 23.7 Å². The summed E-state index contributed by atoms with van der Waals surface area (Å²) in [5.74, 6) is -1.58. The van der Waals surface area contributed by atoms with Crippen LogP contribution in [0.25, 0.3) is 0 Å². The maximum atomic E-state index is 14.8. The summed E-state index contributed by atoms with van der Waals surface area (Å²) in [4.78, 5) is 40.3. The quantitative estimate of drug-likeness (QED) is 0.400. The molecular formula is C32H42O9. The van der Waals surface area contributed by atoms with E-state index >= 15 is 0 Å². The van der Waals surface area contributed by atoms with E-state index in [1.807, 2.05) is 52.0 Å². The van der Waals surface area contributed by atoms with Gasteiger partial charge in [-0.1, -0.05) is 49.2 Å². The number of fused-ring (bicyclic) bond motifs is 5. The van der Waals surface area contributed by atoms with Crippen LogP contribution in [-0.4, -0.2) is 66.2 Å². The molecule has 9 nitrogen and oxygen atoms in total. The van der Waals surface area contributed by atoms with Gasteiger partial charge in [0.2, 0.25) is 0 Å². The van der Waals surface area contributed by atoms with E-state index < -0.39 is 58.4 Å². The number of aryl methyl sites for hydroxylation is 1. The zero-order valence-electron chi connectivity index (χ0n) is 25.1. The largest absolute Gasteiger partial charge is 0.508 e. The van der Waals surface area contributed by atoms with Gasteiger partial charge in [-0.2, -0.15) is 0 Å². The van der Waals surface area contributed by atoms with Gasteiger partial charge in [-0.25, -0.2) is 4.79 Å². The Balaban J connectivity index is 1.57. The molecule has 1 saturated heterocycles. The van der Waals surface area contributed by atoms with Gasteiger partial charge < -0.3 is 28.8 Å². The molecule has 4 aliphatic rings. The minimum absolute atomic E-state index is 0.0119. The van der Waals surface area contributed by atoms with Crippen LogP contribution in [0.2, 0.25) is 0 Å². The number of esters is 1. The molecule has 6 unspecified atom stereocenters. The summed E-state index contributed by atoms with van der Waals surface area (Å²) in [5, 5.41) is 12.4. The van der Waals surface area contributed by atoms with Crippen molar-refractivity contribution in [2.45, 2.75) is 103 Å². The van der Waals surface area contributed by atoms with Crippen molar-refractivity contribution < 1.29 is 43.2 Å². The zero-order valence-corrected chi connectivity index (χ0v) is 25.1. The number of Topliss-reactive ketones (excluding diaryl/α,β-unsaturated/α-hetero) is 1. The number of benzene rings is 1. The van der Waals surface area contributed by atoms with Gasteiger partial charge in [0, 0.05) is 31.8 Å². The van der Waals surface area contributed by atoms with E-state index in [-0.39, 0.29) is 31.8 Å². The number of hydrogen-bond donors (Lipinski definition) is 1. The standard InChI is InChI=1S/C32H42O9/c1-18-8-10-21(11-9-18)16-38-28(35)41-23-14-24-32(37-7,17-39-24)22-15-31(36)13-12-19(2)25(29(31,4)5)26(40-20(3)33)27(34)30(22,23)6/h8-11,22-24,26,36H,12-17H2,1-7H3/t22?,23?,24?,26?,30?,31?,32-/m1/s1. The number of hydrogen-bond acceptors (Lipinski definition) is 9. The summed E-state index contributed by atoms with van der Waals surface area (Å²) in [6, 6.07) is 7.60. The van der Waals surface area contributed by atoms with Gasteiger partial charge >= 0.3 is 12.1 Å². The molecule has 1 N–H and O–H groups in total. The number of ketones is 1. The number of aliphatic hydroxyl groups is 1. The maximum absolute atomic E-state index is 14.8. The fourth-order valence-electron chi connectivity index (χ4n) is 7.89. The lowest BCUT2D eigenvalue weighted by Crippen LogP contribution is -2.77. The van der Waals surface area contributed by atoms with E-state index in [1.165, 1.54) is 6.92 Å². The van der Waals surface area contributed by atoms with Crippen molar-refractivity contribution in [3.05, 3.63) is 46.5 Å². The molecule has 0 aromatic heterocycles. The molecule has 9 heteroatoms. The number of carbonyl (C=O) groups is 3. The highest BCUT2D eigenvalue weighted by atomic mass is 16.7. The van der Waals surface area contributed by atoms with E-state index in [2.05, 4.69) is 0 Å². The average molecular weight is 571 g/mol. The fourth-order valence-corrected chi connectivity index (χ4v) is 7.89. The normalized spacial score (nSPS) is 37.5. The van der Waals surface area contributed by atoms with Gasteiger partial charge in [-0.15, -0.1) is 0 Å². The van der Waals surface area contributed by atoms with Crippen molar-refractivity contribution >= 4 is 17.9 Å². The second kappa shape index (κ2) is 10.2. The van der Waals surface area contributed by atoms with E-state index in [0.717, 1.165) is 16.7 Å². The first-order chi connectivity index (χ1) is 19.2. The Labute approximate surface area is 241 Å². The minimum Gasteiger partial charge on any atom is -0.450 e. The predicted octanol–water partition coefficient (Wildman–Crippen LogP) is 4.60. The van der Waals surface area contributed by atoms with Crippen LogP contribution in [0.4, 0.5) is 4.79 Å². The molecule has 3 aliphatic carbocycles. The van der Waals surface area contributed by atoms with Crippen LogP contribution < -0.4 is 0 Å². The van der Waals surface area contributed by atoms with Crippen molar-refractivity contribution in [3.63, 3.8) is 0 Å². The van der Waals surface area contributed by atoms with Crippen LogP contribution in [-0.2, 0) is 39.9 Å². The minimum atomic E-state index is -1.38. The van der Waals surface area contributed by atoms with Gasteiger partial charge in [0.05, 0.1) is 23.7 Å². The first kappa shape index (κ1) is 29.7. The zero-order chi connectivity index (χ0) is 30.0. The average Bonchev–Trinajstić information content (AvgIpc) is 2.89. The van der Waals surface area contributed by atoms with E-state index in [4.69, 9.17) is 23.7 Å². The molecule has 41 heavy (non-hydrogen) atoms. The van der Waals surface area contributed by atoms with E-state index in [0.29, 0.717) is 18.4 Å². The molecule has 0 spiro atoms. The number of rotatable bonds is 5. The highest BCUT2D eigenvalue weighted by Crippen LogP contribution is 2.63. The topological polar surface area (TPSA) is 118 Å². The number of carbonyl (C=O) groups excluding carboxylic acids is 3. The Morgan fingerprint density at radius 2 is 1.78 bits per heavy atom. The highest BCUT2D eigenvalue weighted by Gasteiger charge is 2.73. The molecule has 3 fully saturated rings. The molecule has 7 atom stereocenters. The van der Waals surface area contributed by atoms with E-state index in [1.54, 1.807) is 14.0 Å². The Hall–Kier alpha value is -2.75. The first-order valence-electron chi connectivity index (χ1n) is 14.4. The van der Waals surface area contributed by atoms with Crippen LogP contribution in [0.3, 0.4) is 0 Å². The second-order valence-electron chi connectivity index (χ2n) is 13.1. The fraction of sp³-hybridized carbons (Fsp3) is 0.656. The maximum Gasteiger partial charge on any atom is 0.508 e. The van der Waals surface area contributed by atoms with Gasteiger partial charge in [0.1, 0.15) is 18.3 Å². The van der Waals surface area contributed by atoms with Crippen LogP contribution in [0.1, 0.15) is 71.4 Å². The van der Waals surface area contributed by atoms with Crippen molar-refractivity contribution in [1.29, 1.82) is 0 Å². The first-order valence-corrected chi connectivity index (χ1v) is 14.4. The van der Waals surface area contributed by atoms with Crippen molar-refractivity contribution in [3.8, 4) is 0 Å². The van der Waals surface area contributed by atoms with Gasteiger partial charge in [-0.05, 0) is 51.2 Å². The van der Waals surface area contributed by atoms with Gasteiger partial charge in [0.15, 0.2) is 11.9 Å². The number of methoxy groups -OCH3 is 1. The number of ether oxygens (including phenoxy) is 5. The summed E-state index contributed by atoms with van der Waals surface area (Å²) in [6.07, 6.45) is -2.13. The molecule has 1 aromatic carbocycles. The number of allylic oxidation sites excluding steroid dienone is 1. The summed E-state index contributed by atoms with van der Waals surface area (Å²) < 4.78 is 29.3. The van der Waals surface area contributed by atoms with Crippen LogP contribution >= 0.6 is 0 Å². The molecule has 0 radical (unpaired) electrons. The van der Waals surface area contributed by atoms with Crippen LogP contribution in [0.5, 0.6) is 0 Å². The molecule has 2 bridgehead atoms. The Bertz CT molecular complexity index is 1260. The Morgan fingerprint density at radius 3 is 2.37 bits per heavy atom. The van der Waals surface area contributed by atoms with Crippen molar-refractivity contribution in [2.75, 3.05) is 13.7 Å². The lowest BCUT2D eigenvalue weighted by Gasteiger charge is -2.66. The molecule has 2 saturated carbocycles. The molecular weight excluding hydrogens is 528 g/mol. The molecule has 224 valence electrons. The Kier molecular flexibility index (Phi) is 7.40. The molecule has 0 amide bonds. The molecule has 1 aliphatic heterocycles. The molecule has 5 rings (SSSR count). The summed E-state index contributed by atoms with van der Waals surface area (Å²) in [7, 11) is 1.59. The smallest absolute Gasteiger partial charge is 0.450 e. The molecule has 1 aromatic rings. The van der Waals surface area contributed by atoms with Crippen molar-refractivity contribution in [1.82, 2.24) is 0 Å². The third-order valence-corrected chi connectivity index (χ3v) is 10.6. The highest BCUT2D eigenvalue weighted by molar-refractivity contribution is 5.95. The Morgan fingerprint density at radius 1 is 1.10 bits per heavy atom. The molecule has 1 heterocycles. The third kappa shape index (κ3) is 4.51. The summed E-state index contributed by atoms with van der Waals surface area (Å²) in [6.45, 7) is 11.0. The van der Waals surface area contributed by atoms with Gasteiger partial charge in [0.25, 0.3) is 0 Å². The lowest BCUT2D eigenvalue weighted by molar-refractivity contribution is -0.332. The summed E-state index contributed by atoms with van der Waals surface area (Å²) in [5.41, 5.74) is -0.955. The second-order valence-corrected chi connectivity index (χ2v) is 13.1. The van der Waals surface area contributed by atoms with Crippen LogP contribution in [0.15, 0.2) is 35.4 Å². The van der Waals surface area contributed by atoms with Gasteiger partial charge in [-0.3, -0.25) is 9.59 Å².